The lowest BCUT2D eigenvalue weighted by Crippen LogP contribution is -2.11. The number of unbranched alkanes of at least 4 members (excludes halogenated alkanes) is 1. The monoisotopic (exact) mass is 365 g/mol. The molecule has 0 saturated heterocycles. The maximum Gasteiger partial charge on any atom is 0.348 e. The van der Waals surface area contributed by atoms with E-state index in [2.05, 4.69) is 22.2 Å². The average molecular weight is 365 g/mol. The van der Waals surface area contributed by atoms with Gasteiger partial charge in [-0.15, -0.1) is 11.3 Å². The zero-order valence-electron chi connectivity index (χ0n) is 15.0. The van der Waals surface area contributed by atoms with Crippen LogP contribution in [0.3, 0.4) is 0 Å². The molecule has 0 aliphatic heterocycles. The smallest absolute Gasteiger partial charge is 0.348 e. The Kier molecular flexibility index (Phi) is 6.69. The van der Waals surface area contributed by atoms with E-state index >= 15 is 0 Å². The SMILES string of the molecule is CCCCNc1nc(CC(=O)OC)nc2sc(C(=O)OCC)c(C)c12. The molecular formula is C17H23N3O4S. The molecule has 0 aliphatic rings. The molecule has 7 nitrogen and oxygen atoms in total. The van der Waals surface area contributed by atoms with E-state index < -0.39 is 5.97 Å². The summed E-state index contributed by atoms with van der Waals surface area (Å²) < 4.78 is 9.81. The van der Waals surface area contributed by atoms with Crippen LogP contribution in [0.1, 0.15) is 47.7 Å². The van der Waals surface area contributed by atoms with Crippen molar-refractivity contribution in [2.45, 2.75) is 40.0 Å². The molecule has 0 unspecified atom stereocenters. The average Bonchev–Trinajstić information content (AvgIpc) is 2.92. The molecule has 0 aliphatic carbocycles. The van der Waals surface area contributed by atoms with Crippen molar-refractivity contribution in [1.29, 1.82) is 0 Å². The molecule has 0 amide bonds. The van der Waals surface area contributed by atoms with Crippen molar-refractivity contribution >= 4 is 39.3 Å². The second-order valence-corrected chi connectivity index (χ2v) is 6.48. The highest BCUT2D eigenvalue weighted by Gasteiger charge is 2.22. The minimum Gasteiger partial charge on any atom is -0.469 e. The van der Waals surface area contributed by atoms with E-state index in [1.807, 2.05) is 6.92 Å². The van der Waals surface area contributed by atoms with Gasteiger partial charge in [0.2, 0.25) is 0 Å². The Morgan fingerprint density at radius 3 is 2.64 bits per heavy atom. The minimum atomic E-state index is -0.405. The highest BCUT2D eigenvalue weighted by molar-refractivity contribution is 7.20. The topological polar surface area (TPSA) is 90.4 Å². The van der Waals surface area contributed by atoms with Crippen LogP contribution in [0, 0.1) is 6.92 Å². The molecule has 1 N–H and O–H groups in total. The first-order chi connectivity index (χ1) is 12.0. The number of carbonyl (C=O) groups is 2. The van der Waals surface area contributed by atoms with Gasteiger partial charge in [0.1, 0.15) is 27.8 Å². The third kappa shape index (κ3) is 4.45. The van der Waals surface area contributed by atoms with Gasteiger partial charge in [0.05, 0.1) is 19.1 Å². The van der Waals surface area contributed by atoms with Gasteiger partial charge in [0, 0.05) is 6.54 Å². The summed E-state index contributed by atoms with van der Waals surface area (Å²) >= 11 is 1.26. The molecule has 0 atom stereocenters. The van der Waals surface area contributed by atoms with Crippen LogP contribution in [0.2, 0.25) is 0 Å². The molecule has 0 spiro atoms. The number of nitrogens with zero attached hydrogens (tertiary/aromatic N) is 2. The van der Waals surface area contributed by atoms with Gasteiger partial charge in [0.25, 0.3) is 0 Å². The second-order valence-electron chi connectivity index (χ2n) is 5.48. The van der Waals surface area contributed by atoms with Crippen molar-refractivity contribution in [2.24, 2.45) is 0 Å². The highest BCUT2D eigenvalue weighted by atomic mass is 32.1. The van der Waals surface area contributed by atoms with Gasteiger partial charge in [-0.3, -0.25) is 4.79 Å². The predicted molar refractivity (Wildman–Crippen MR) is 97.2 cm³/mol. The van der Waals surface area contributed by atoms with Gasteiger partial charge in [-0.25, -0.2) is 14.8 Å². The van der Waals surface area contributed by atoms with Crippen molar-refractivity contribution in [1.82, 2.24) is 9.97 Å². The lowest BCUT2D eigenvalue weighted by molar-refractivity contribution is -0.139. The summed E-state index contributed by atoms with van der Waals surface area (Å²) in [4.78, 5) is 33.8. The Bertz CT molecular complexity index is 773. The largest absolute Gasteiger partial charge is 0.469 e. The van der Waals surface area contributed by atoms with Gasteiger partial charge in [-0.1, -0.05) is 13.3 Å². The zero-order valence-corrected chi connectivity index (χ0v) is 15.8. The molecule has 25 heavy (non-hydrogen) atoms. The molecule has 0 saturated carbocycles. The van der Waals surface area contributed by atoms with Crippen LogP contribution in [0.15, 0.2) is 0 Å². The maximum absolute atomic E-state index is 12.2. The van der Waals surface area contributed by atoms with Crippen LogP contribution in [-0.2, 0) is 20.7 Å². The Labute approximate surface area is 150 Å². The van der Waals surface area contributed by atoms with Crippen molar-refractivity contribution in [2.75, 3.05) is 25.6 Å². The Morgan fingerprint density at radius 2 is 2.00 bits per heavy atom. The molecule has 0 fully saturated rings. The Hall–Kier alpha value is -2.22. The van der Waals surface area contributed by atoms with Gasteiger partial charge < -0.3 is 14.8 Å². The summed E-state index contributed by atoms with van der Waals surface area (Å²) in [5.74, 6) is 0.242. The molecule has 2 heterocycles. The third-order valence-corrected chi connectivity index (χ3v) is 4.82. The number of hydrogen-bond acceptors (Lipinski definition) is 8. The first-order valence-electron chi connectivity index (χ1n) is 8.29. The Balaban J connectivity index is 2.50. The van der Waals surface area contributed by atoms with Gasteiger partial charge in [-0.05, 0) is 25.8 Å². The van der Waals surface area contributed by atoms with Crippen molar-refractivity contribution in [3.8, 4) is 0 Å². The minimum absolute atomic E-state index is 0.0133. The van der Waals surface area contributed by atoms with Crippen LogP contribution in [0.4, 0.5) is 5.82 Å². The number of methoxy groups -OCH3 is 1. The molecule has 0 aromatic carbocycles. The molecule has 136 valence electrons. The summed E-state index contributed by atoms with van der Waals surface area (Å²) in [5.41, 5.74) is 0.794. The first-order valence-corrected chi connectivity index (χ1v) is 9.11. The van der Waals surface area contributed by atoms with Gasteiger partial charge in [0.15, 0.2) is 0 Å². The second kappa shape index (κ2) is 8.75. The lowest BCUT2D eigenvalue weighted by atomic mass is 10.2. The molecule has 2 aromatic rings. The third-order valence-electron chi connectivity index (χ3n) is 3.65. The van der Waals surface area contributed by atoms with Crippen LogP contribution >= 0.6 is 11.3 Å². The maximum atomic E-state index is 12.2. The van der Waals surface area contributed by atoms with Gasteiger partial charge in [-0.2, -0.15) is 0 Å². The van der Waals surface area contributed by atoms with E-state index in [4.69, 9.17) is 9.47 Å². The molecule has 0 radical (unpaired) electrons. The summed E-state index contributed by atoms with van der Waals surface area (Å²) in [7, 11) is 1.33. The summed E-state index contributed by atoms with van der Waals surface area (Å²) in [6.45, 7) is 6.80. The van der Waals surface area contributed by atoms with E-state index in [-0.39, 0.29) is 12.4 Å². The van der Waals surface area contributed by atoms with E-state index in [9.17, 15) is 9.59 Å². The number of fused-ring (bicyclic) bond motifs is 1. The Morgan fingerprint density at radius 1 is 1.24 bits per heavy atom. The summed E-state index contributed by atoms with van der Waals surface area (Å²) in [6, 6.07) is 0. The van der Waals surface area contributed by atoms with E-state index in [0.717, 1.165) is 30.3 Å². The fraction of sp³-hybridized carbons (Fsp3) is 0.529. The predicted octanol–water partition coefficient (Wildman–Crippen LogP) is 3.10. The van der Waals surface area contributed by atoms with Gasteiger partial charge >= 0.3 is 11.9 Å². The summed E-state index contributed by atoms with van der Waals surface area (Å²) in [6.07, 6.45) is 2.03. The highest BCUT2D eigenvalue weighted by Crippen LogP contribution is 2.34. The number of hydrogen-bond donors (Lipinski definition) is 1. The van der Waals surface area contributed by atoms with E-state index in [1.54, 1.807) is 6.92 Å². The van der Waals surface area contributed by atoms with E-state index in [0.29, 0.717) is 28.0 Å². The standard InChI is InChI=1S/C17H23N3O4S/c1-5-7-8-18-15-13-10(3)14(17(22)24-6-2)25-16(13)20-11(19-15)9-12(21)23-4/h5-9H2,1-4H3,(H,18,19,20). The number of aromatic nitrogens is 2. The number of thiophene rings is 1. The lowest BCUT2D eigenvalue weighted by Gasteiger charge is -2.09. The number of aryl methyl sites for hydroxylation is 1. The number of nitrogens with one attached hydrogen (secondary N) is 1. The number of rotatable bonds is 8. The van der Waals surface area contributed by atoms with E-state index in [1.165, 1.54) is 18.4 Å². The summed E-state index contributed by atoms with van der Waals surface area (Å²) in [5, 5.41) is 4.10. The van der Waals surface area contributed by atoms with Crippen molar-refractivity contribution in [3.63, 3.8) is 0 Å². The molecule has 0 bridgehead atoms. The fourth-order valence-electron chi connectivity index (χ4n) is 2.37. The number of ether oxygens (including phenoxy) is 2. The number of anilines is 1. The number of carbonyl (C=O) groups excluding carboxylic acids is 2. The van der Waals surface area contributed by atoms with Crippen LogP contribution in [0.25, 0.3) is 10.2 Å². The quantitative estimate of drug-likeness (QED) is 0.568. The molecular weight excluding hydrogens is 342 g/mol. The number of esters is 2. The van der Waals surface area contributed by atoms with Crippen LogP contribution in [0.5, 0.6) is 0 Å². The first kappa shape index (κ1) is 19.1. The van der Waals surface area contributed by atoms with Crippen LogP contribution < -0.4 is 5.32 Å². The molecule has 2 rings (SSSR count). The normalized spacial score (nSPS) is 10.7. The van der Waals surface area contributed by atoms with Crippen LogP contribution in [-0.4, -0.2) is 42.2 Å². The fourth-order valence-corrected chi connectivity index (χ4v) is 3.46. The molecule has 2 aromatic heterocycles. The molecule has 8 heteroatoms. The van der Waals surface area contributed by atoms with Crippen molar-refractivity contribution in [3.05, 3.63) is 16.3 Å². The zero-order chi connectivity index (χ0) is 18.4. The van der Waals surface area contributed by atoms with Crippen molar-refractivity contribution < 1.29 is 19.1 Å².